The van der Waals surface area contributed by atoms with Crippen LogP contribution in [0.5, 0.6) is 0 Å². The lowest BCUT2D eigenvalue weighted by molar-refractivity contribution is 0.108. The third kappa shape index (κ3) is 0.814. The van der Waals surface area contributed by atoms with Gasteiger partial charge in [-0.2, -0.15) is 4.98 Å². The fourth-order valence-electron chi connectivity index (χ4n) is 0.802. The minimum absolute atomic E-state index is 0.0851. The maximum absolute atomic E-state index is 10.1. The highest BCUT2D eigenvalue weighted by molar-refractivity contribution is 5.67. The number of aldehydes is 1. The molecule has 0 aromatic carbocycles. The van der Waals surface area contributed by atoms with Gasteiger partial charge in [-0.15, -0.1) is 0 Å². The highest BCUT2D eigenvalue weighted by Crippen LogP contribution is 2.37. The van der Waals surface area contributed by atoms with Crippen LogP contribution in [0.3, 0.4) is 0 Å². The average Bonchev–Trinajstić information content (AvgIpc) is 2.70. The second kappa shape index (κ2) is 1.90. The zero-order chi connectivity index (χ0) is 6.97. The Hall–Kier alpha value is -1.19. The largest absolute Gasteiger partial charge is 0.331 e. The fourth-order valence-corrected chi connectivity index (χ4v) is 0.802. The molecule has 0 saturated heterocycles. The first-order chi connectivity index (χ1) is 4.90. The van der Waals surface area contributed by atoms with E-state index in [-0.39, 0.29) is 5.89 Å². The summed E-state index contributed by atoms with van der Waals surface area (Å²) >= 11 is 0. The molecule has 0 aliphatic heterocycles. The number of aromatic nitrogens is 2. The Kier molecular flexibility index (Phi) is 1.06. The lowest BCUT2D eigenvalue weighted by atomic mass is 10.4. The molecule has 52 valence electrons. The molecule has 1 aromatic rings. The van der Waals surface area contributed by atoms with Crippen LogP contribution >= 0.6 is 0 Å². The third-order valence-electron chi connectivity index (χ3n) is 1.50. The zero-order valence-electron chi connectivity index (χ0n) is 5.28. The van der Waals surface area contributed by atoms with E-state index < -0.39 is 0 Å². The average molecular weight is 138 g/mol. The van der Waals surface area contributed by atoms with Crippen LogP contribution in [0.2, 0.25) is 0 Å². The van der Waals surface area contributed by atoms with Gasteiger partial charge in [-0.25, -0.2) is 0 Å². The molecule has 1 aliphatic carbocycles. The summed E-state index contributed by atoms with van der Waals surface area (Å²) in [6, 6.07) is 0. The number of nitrogens with zero attached hydrogens (tertiary/aromatic N) is 2. The molecule has 10 heavy (non-hydrogen) atoms. The van der Waals surface area contributed by atoms with Crippen LogP contribution in [0.25, 0.3) is 0 Å². The molecule has 0 N–H and O–H groups in total. The number of hydrogen-bond acceptors (Lipinski definition) is 4. The first-order valence-corrected chi connectivity index (χ1v) is 3.19. The zero-order valence-corrected chi connectivity index (χ0v) is 5.28. The molecule has 0 amide bonds. The van der Waals surface area contributed by atoms with Crippen molar-refractivity contribution in [3.63, 3.8) is 0 Å². The second-order valence-corrected chi connectivity index (χ2v) is 2.38. The maximum Gasteiger partial charge on any atom is 0.290 e. The van der Waals surface area contributed by atoms with Gasteiger partial charge in [-0.05, 0) is 12.8 Å². The van der Waals surface area contributed by atoms with Gasteiger partial charge in [0.1, 0.15) is 0 Å². The minimum atomic E-state index is 0.0851. The van der Waals surface area contributed by atoms with Gasteiger partial charge in [0.25, 0.3) is 5.89 Å². The van der Waals surface area contributed by atoms with Crippen molar-refractivity contribution in [2.75, 3.05) is 0 Å². The van der Waals surface area contributed by atoms with E-state index >= 15 is 0 Å². The van der Waals surface area contributed by atoms with E-state index in [0.717, 1.165) is 12.8 Å². The number of carbonyl (C=O) groups excluding carboxylic acids is 1. The molecule has 2 rings (SSSR count). The first-order valence-electron chi connectivity index (χ1n) is 3.19. The molecule has 0 radical (unpaired) electrons. The summed E-state index contributed by atoms with van der Waals surface area (Å²) < 4.78 is 4.59. The lowest BCUT2D eigenvalue weighted by Gasteiger charge is -1.77. The fraction of sp³-hybridized carbons (Fsp3) is 0.500. The quantitative estimate of drug-likeness (QED) is 0.566. The molecule has 4 nitrogen and oxygen atoms in total. The molecule has 0 spiro atoms. The molecule has 0 bridgehead atoms. The molecule has 0 atom stereocenters. The molecule has 1 heterocycles. The van der Waals surface area contributed by atoms with E-state index in [4.69, 9.17) is 0 Å². The van der Waals surface area contributed by atoms with Crippen molar-refractivity contribution in [2.24, 2.45) is 0 Å². The van der Waals surface area contributed by atoms with Gasteiger partial charge in [0.15, 0.2) is 5.82 Å². The van der Waals surface area contributed by atoms with E-state index in [1.54, 1.807) is 0 Å². The molecule has 0 unspecified atom stereocenters. The molecule has 1 saturated carbocycles. The van der Waals surface area contributed by atoms with Crippen LogP contribution in [0.15, 0.2) is 4.52 Å². The van der Waals surface area contributed by atoms with E-state index in [2.05, 4.69) is 14.7 Å². The first kappa shape index (κ1) is 5.58. The van der Waals surface area contributed by atoms with E-state index in [1.807, 2.05) is 0 Å². The van der Waals surface area contributed by atoms with Crippen molar-refractivity contribution in [1.29, 1.82) is 0 Å². The Morgan fingerprint density at radius 1 is 1.60 bits per heavy atom. The number of hydrogen-bond donors (Lipinski definition) is 0. The Bertz CT molecular complexity index is 252. The summed E-state index contributed by atoms with van der Waals surface area (Å²) in [5.41, 5.74) is 0. The van der Waals surface area contributed by atoms with Crippen LogP contribution in [0.1, 0.15) is 35.3 Å². The third-order valence-corrected chi connectivity index (χ3v) is 1.50. The van der Waals surface area contributed by atoms with Gasteiger partial charge in [0.2, 0.25) is 6.29 Å². The predicted molar refractivity (Wildman–Crippen MR) is 31.7 cm³/mol. The van der Waals surface area contributed by atoms with E-state index in [0.29, 0.717) is 18.0 Å². The van der Waals surface area contributed by atoms with Crippen LogP contribution in [-0.4, -0.2) is 16.4 Å². The molecular formula is C6H6N2O2. The minimum Gasteiger partial charge on any atom is -0.331 e. The highest BCUT2D eigenvalue weighted by Gasteiger charge is 2.28. The summed E-state index contributed by atoms with van der Waals surface area (Å²) in [7, 11) is 0. The van der Waals surface area contributed by atoms with Crippen molar-refractivity contribution in [1.82, 2.24) is 10.1 Å². The van der Waals surface area contributed by atoms with E-state index in [1.165, 1.54) is 0 Å². The van der Waals surface area contributed by atoms with Gasteiger partial charge >= 0.3 is 0 Å². The monoisotopic (exact) mass is 138 g/mol. The van der Waals surface area contributed by atoms with E-state index in [9.17, 15) is 4.79 Å². The smallest absolute Gasteiger partial charge is 0.290 e. The van der Waals surface area contributed by atoms with Crippen LogP contribution in [0.4, 0.5) is 0 Å². The summed E-state index contributed by atoms with van der Waals surface area (Å²) in [6.07, 6.45) is 2.81. The lowest BCUT2D eigenvalue weighted by Crippen LogP contribution is -1.82. The van der Waals surface area contributed by atoms with Gasteiger partial charge < -0.3 is 4.52 Å². The van der Waals surface area contributed by atoms with Crippen molar-refractivity contribution in [2.45, 2.75) is 18.8 Å². The van der Waals surface area contributed by atoms with Gasteiger partial charge in [0, 0.05) is 5.92 Å². The Labute approximate surface area is 57.2 Å². The van der Waals surface area contributed by atoms with Crippen LogP contribution in [0, 0.1) is 0 Å². The normalized spacial score (nSPS) is 17.2. The van der Waals surface area contributed by atoms with Gasteiger partial charge in [0.05, 0.1) is 0 Å². The summed E-state index contributed by atoms with van der Waals surface area (Å²) in [5, 5.41) is 3.63. The molecule has 4 heteroatoms. The SMILES string of the molecule is O=Cc1nc(C2CC2)no1. The molecular weight excluding hydrogens is 132 g/mol. The van der Waals surface area contributed by atoms with Gasteiger partial charge in [-0.1, -0.05) is 5.16 Å². The predicted octanol–water partition coefficient (Wildman–Crippen LogP) is 0.760. The van der Waals surface area contributed by atoms with Crippen molar-refractivity contribution >= 4 is 6.29 Å². The van der Waals surface area contributed by atoms with Crippen LogP contribution < -0.4 is 0 Å². The van der Waals surface area contributed by atoms with Crippen molar-refractivity contribution in [3.8, 4) is 0 Å². The summed E-state index contributed by atoms with van der Waals surface area (Å²) in [5.74, 6) is 1.22. The van der Waals surface area contributed by atoms with Crippen molar-refractivity contribution in [3.05, 3.63) is 11.7 Å². The van der Waals surface area contributed by atoms with Gasteiger partial charge in [-0.3, -0.25) is 4.79 Å². The van der Waals surface area contributed by atoms with Crippen LogP contribution in [-0.2, 0) is 0 Å². The number of carbonyl (C=O) groups is 1. The second-order valence-electron chi connectivity index (χ2n) is 2.38. The topological polar surface area (TPSA) is 56.0 Å². The Balaban J connectivity index is 2.26. The summed E-state index contributed by atoms with van der Waals surface area (Å²) in [4.78, 5) is 13.9. The molecule has 1 aromatic heterocycles. The highest BCUT2D eigenvalue weighted by atomic mass is 16.5. The summed E-state index contributed by atoms with van der Waals surface area (Å²) in [6.45, 7) is 0. The standard InChI is InChI=1S/C6H6N2O2/c9-3-5-7-6(8-10-5)4-1-2-4/h3-4H,1-2H2. The Morgan fingerprint density at radius 3 is 2.90 bits per heavy atom. The number of rotatable bonds is 2. The van der Waals surface area contributed by atoms with Crippen molar-refractivity contribution < 1.29 is 9.32 Å². The Morgan fingerprint density at radius 2 is 2.40 bits per heavy atom. The molecule has 1 fully saturated rings. The molecule has 1 aliphatic rings. The maximum atomic E-state index is 10.1.